The van der Waals surface area contributed by atoms with Gasteiger partial charge < -0.3 is 9.84 Å². The van der Waals surface area contributed by atoms with Crippen molar-refractivity contribution < 1.29 is 14.6 Å². The standard InChI is InChI=1S/C16H17ClO3S/c17-10-9-14(15-6-3-11-21-15)20-13-5-2-1-4-12(13)7-8-16(18)19/h1-6,11,14H,7-10H2,(H,18,19). The number of alkyl halides is 1. The summed E-state index contributed by atoms with van der Waals surface area (Å²) in [6.07, 6.45) is 1.19. The minimum Gasteiger partial charge on any atom is -0.485 e. The summed E-state index contributed by atoms with van der Waals surface area (Å²) in [6.45, 7) is 0. The van der Waals surface area contributed by atoms with Crippen molar-refractivity contribution in [3.8, 4) is 5.75 Å². The number of hydrogen-bond donors (Lipinski definition) is 1. The molecule has 0 bridgehead atoms. The van der Waals surface area contributed by atoms with Crippen LogP contribution < -0.4 is 4.74 Å². The predicted octanol–water partition coefficient (Wildman–Crippen LogP) is 4.51. The fraction of sp³-hybridized carbons (Fsp3) is 0.312. The molecule has 0 spiro atoms. The highest BCUT2D eigenvalue weighted by atomic mass is 35.5. The van der Waals surface area contributed by atoms with Gasteiger partial charge in [-0.1, -0.05) is 24.3 Å². The maximum atomic E-state index is 10.7. The van der Waals surface area contributed by atoms with Gasteiger partial charge in [0.2, 0.25) is 0 Å². The monoisotopic (exact) mass is 324 g/mol. The number of para-hydroxylation sites is 1. The van der Waals surface area contributed by atoms with Gasteiger partial charge in [0.1, 0.15) is 11.9 Å². The molecule has 0 aliphatic carbocycles. The van der Waals surface area contributed by atoms with Crippen LogP contribution in [0.4, 0.5) is 0 Å². The first kappa shape index (κ1) is 15.9. The zero-order valence-corrected chi connectivity index (χ0v) is 13.1. The van der Waals surface area contributed by atoms with Gasteiger partial charge in [-0.3, -0.25) is 4.79 Å². The molecule has 1 unspecified atom stereocenters. The first-order valence-corrected chi connectivity index (χ1v) is 8.18. The second-order valence-electron chi connectivity index (χ2n) is 4.60. The van der Waals surface area contributed by atoms with E-state index in [2.05, 4.69) is 0 Å². The number of hydrogen-bond acceptors (Lipinski definition) is 3. The zero-order valence-electron chi connectivity index (χ0n) is 11.5. The summed E-state index contributed by atoms with van der Waals surface area (Å²) < 4.78 is 6.10. The smallest absolute Gasteiger partial charge is 0.303 e. The van der Waals surface area contributed by atoms with Gasteiger partial charge in [-0.15, -0.1) is 22.9 Å². The first-order valence-electron chi connectivity index (χ1n) is 6.76. The molecule has 2 rings (SSSR count). The van der Waals surface area contributed by atoms with Crippen LogP contribution in [0.3, 0.4) is 0 Å². The fourth-order valence-electron chi connectivity index (χ4n) is 2.05. The van der Waals surface area contributed by atoms with Crippen molar-refractivity contribution in [3.05, 3.63) is 52.2 Å². The van der Waals surface area contributed by atoms with Gasteiger partial charge in [0.15, 0.2) is 0 Å². The van der Waals surface area contributed by atoms with Crippen molar-refractivity contribution in [1.29, 1.82) is 0 Å². The minimum absolute atomic E-state index is 0.0894. The molecule has 1 aromatic carbocycles. The Balaban J connectivity index is 2.14. The Morgan fingerprint density at radius 3 is 2.76 bits per heavy atom. The lowest BCUT2D eigenvalue weighted by Gasteiger charge is -2.19. The zero-order chi connectivity index (χ0) is 15.1. The van der Waals surface area contributed by atoms with Gasteiger partial charge in [0, 0.05) is 23.6 Å². The quantitative estimate of drug-likeness (QED) is 0.726. The lowest BCUT2D eigenvalue weighted by atomic mass is 10.1. The molecule has 1 heterocycles. The van der Waals surface area contributed by atoms with E-state index in [1.807, 2.05) is 41.8 Å². The normalized spacial score (nSPS) is 12.0. The molecule has 0 saturated carbocycles. The number of carboxylic acid groups (broad SMARTS) is 1. The maximum absolute atomic E-state index is 10.7. The fourth-order valence-corrected chi connectivity index (χ4v) is 3.04. The SMILES string of the molecule is O=C(O)CCc1ccccc1OC(CCCl)c1cccs1. The average Bonchev–Trinajstić information content (AvgIpc) is 3.00. The Bertz CT molecular complexity index is 569. The number of ether oxygens (including phenoxy) is 1. The maximum Gasteiger partial charge on any atom is 0.303 e. The van der Waals surface area contributed by atoms with Crippen LogP contribution in [-0.4, -0.2) is 17.0 Å². The summed E-state index contributed by atoms with van der Waals surface area (Å²) in [5.74, 6) is 0.447. The average molecular weight is 325 g/mol. The number of aryl methyl sites for hydroxylation is 1. The van der Waals surface area contributed by atoms with Crippen LogP contribution in [0.2, 0.25) is 0 Å². The van der Waals surface area contributed by atoms with Crippen LogP contribution >= 0.6 is 22.9 Å². The topological polar surface area (TPSA) is 46.5 Å². The Hall–Kier alpha value is -1.52. The molecule has 3 nitrogen and oxygen atoms in total. The molecule has 0 amide bonds. The van der Waals surface area contributed by atoms with Crippen LogP contribution in [0, 0.1) is 0 Å². The van der Waals surface area contributed by atoms with E-state index in [1.54, 1.807) is 11.3 Å². The van der Waals surface area contributed by atoms with Crippen molar-refractivity contribution in [3.63, 3.8) is 0 Å². The number of rotatable bonds is 8. The third-order valence-corrected chi connectivity index (χ3v) is 4.26. The molecule has 0 saturated heterocycles. The van der Waals surface area contributed by atoms with Crippen molar-refractivity contribution >= 4 is 28.9 Å². The van der Waals surface area contributed by atoms with Gasteiger partial charge >= 0.3 is 5.97 Å². The van der Waals surface area contributed by atoms with Crippen LogP contribution in [-0.2, 0) is 11.2 Å². The molecule has 0 fully saturated rings. The highest BCUT2D eigenvalue weighted by Crippen LogP contribution is 2.30. The van der Waals surface area contributed by atoms with E-state index in [4.69, 9.17) is 21.4 Å². The van der Waals surface area contributed by atoms with E-state index in [1.165, 1.54) is 0 Å². The molecule has 2 aromatic rings. The largest absolute Gasteiger partial charge is 0.485 e. The molecule has 0 radical (unpaired) electrons. The summed E-state index contributed by atoms with van der Waals surface area (Å²) in [5.41, 5.74) is 0.913. The van der Waals surface area contributed by atoms with Crippen LogP contribution in [0.15, 0.2) is 41.8 Å². The number of aliphatic carboxylic acids is 1. The predicted molar refractivity (Wildman–Crippen MR) is 85.4 cm³/mol. The van der Waals surface area contributed by atoms with Gasteiger partial charge in [-0.25, -0.2) is 0 Å². The van der Waals surface area contributed by atoms with Crippen LogP contribution in [0.1, 0.15) is 29.4 Å². The molecule has 5 heteroatoms. The Morgan fingerprint density at radius 1 is 1.29 bits per heavy atom. The van der Waals surface area contributed by atoms with Gasteiger partial charge in [0.25, 0.3) is 0 Å². The summed E-state index contributed by atoms with van der Waals surface area (Å²) in [6, 6.07) is 11.6. The molecule has 21 heavy (non-hydrogen) atoms. The van der Waals surface area contributed by atoms with E-state index in [0.29, 0.717) is 12.3 Å². The van der Waals surface area contributed by atoms with E-state index in [9.17, 15) is 4.79 Å². The van der Waals surface area contributed by atoms with E-state index in [0.717, 1.165) is 22.6 Å². The highest BCUT2D eigenvalue weighted by Gasteiger charge is 2.16. The molecule has 1 atom stereocenters. The lowest BCUT2D eigenvalue weighted by Crippen LogP contribution is -2.09. The third-order valence-electron chi connectivity index (χ3n) is 3.08. The summed E-state index contributed by atoms with van der Waals surface area (Å²) in [4.78, 5) is 11.9. The van der Waals surface area contributed by atoms with Crippen molar-refractivity contribution in [2.75, 3.05) is 5.88 Å². The van der Waals surface area contributed by atoms with E-state index >= 15 is 0 Å². The molecule has 0 aliphatic rings. The van der Waals surface area contributed by atoms with E-state index in [-0.39, 0.29) is 12.5 Å². The first-order chi connectivity index (χ1) is 10.2. The molecular formula is C16H17ClO3S. The Morgan fingerprint density at radius 2 is 2.10 bits per heavy atom. The lowest BCUT2D eigenvalue weighted by molar-refractivity contribution is -0.136. The molecule has 112 valence electrons. The Kier molecular flexibility index (Phi) is 6.08. The number of halogens is 1. The Labute approximate surface area is 133 Å². The molecule has 1 aromatic heterocycles. The number of carbonyl (C=O) groups is 1. The summed E-state index contributed by atoms with van der Waals surface area (Å²) in [7, 11) is 0. The minimum atomic E-state index is -0.805. The summed E-state index contributed by atoms with van der Waals surface area (Å²) >= 11 is 7.51. The van der Waals surface area contributed by atoms with Crippen molar-refractivity contribution in [1.82, 2.24) is 0 Å². The molecule has 1 N–H and O–H groups in total. The number of thiophene rings is 1. The second-order valence-corrected chi connectivity index (χ2v) is 5.96. The van der Waals surface area contributed by atoms with Gasteiger partial charge in [-0.05, 0) is 29.5 Å². The van der Waals surface area contributed by atoms with Gasteiger partial charge in [0.05, 0.1) is 0 Å². The highest BCUT2D eigenvalue weighted by molar-refractivity contribution is 7.10. The van der Waals surface area contributed by atoms with Gasteiger partial charge in [-0.2, -0.15) is 0 Å². The summed E-state index contributed by atoms with van der Waals surface area (Å²) in [5, 5.41) is 10.8. The molecular weight excluding hydrogens is 308 g/mol. The van der Waals surface area contributed by atoms with Crippen LogP contribution in [0.5, 0.6) is 5.75 Å². The molecule has 0 aliphatic heterocycles. The number of carboxylic acids is 1. The number of benzene rings is 1. The van der Waals surface area contributed by atoms with Crippen LogP contribution in [0.25, 0.3) is 0 Å². The third kappa shape index (κ3) is 4.76. The van der Waals surface area contributed by atoms with E-state index < -0.39 is 5.97 Å². The van der Waals surface area contributed by atoms with Crippen molar-refractivity contribution in [2.45, 2.75) is 25.4 Å². The second kappa shape index (κ2) is 8.05. The van der Waals surface area contributed by atoms with Crippen molar-refractivity contribution in [2.24, 2.45) is 0 Å².